The monoisotopic (exact) mass is 332 g/mol. The fraction of sp³-hybridized carbons (Fsp3) is 0.308. The van der Waals surface area contributed by atoms with Crippen molar-refractivity contribution in [2.24, 2.45) is 0 Å². The number of carbonyl (C=O) groups is 3. The number of esters is 1. The summed E-state index contributed by atoms with van der Waals surface area (Å²) in [7, 11) is 0. The molecule has 0 saturated carbocycles. The summed E-state index contributed by atoms with van der Waals surface area (Å²) >= 11 is 11.5. The minimum atomic E-state index is -1.14. The first-order valence-electron chi connectivity index (χ1n) is 6.09. The number of rotatable bonds is 4. The van der Waals surface area contributed by atoms with E-state index in [1.54, 1.807) is 6.92 Å². The Morgan fingerprint density at radius 2 is 1.76 bits per heavy atom. The molecule has 0 spiro atoms. The van der Waals surface area contributed by atoms with Gasteiger partial charge in [0.1, 0.15) is 0 Å². The van der Waals surface area contributed by atoms with Gasteiger partial charge in [-0.3, -0.25) is 10.1 Å². The third kappa shape index (κ3) is 5.61. The summed E-state index contributed by atoms with van der Waals surface area (Å²) in [5, 5.41) is 4.97. The second-order valence-corrected chi connectivity index (χ2v) is 4.93. The van der Waals surface area contributed by atoms with Gasteiger partial charge in [-0.25, -0.2) is 9.59 Å². The molecule has 1 aromatic rings. The molecule has 1 aromatic carbocycles. The molecule has 1 rings (SSSR count). The number of carbonyl (C=O) groups excluding carboxylic acids is 3. The van der Waals surface area contributed by atoms with Crippen molar-refractivity contribution in [3.05, 3.63) is 33.8 Å². The fourth-order valence-corrected chi connectivity index (χ4v) is 1.90. The van der Waals surface area contributed by atoms with Gasteiger partial charge in [-0.1, -0.05) is 23.2 Å². The summed E-state index contributed by atoms with van der Waals surface area (Å²) in [5.41, 5.74) is 0.116. The van der Waals surface area contributed by atoms with Gasteiger partial charge in [-0.2, -0.15) is 0 Å². The maximum absolute atomic E-state index is 11.9. The SMILES string of the molecule is CCNC(=O)NC(=O)[C@H](C)OC(=O)c1cc(Cl)cc(Cl)c1. The van der Waals surface area contributed by atoms with E-state index in [0.29, 0.717) is 6.54 Å². The molecule has 0 radical (unpaired) electrons. The van der Waals surface area contributed by atoms with E-state index in [0.717, 1.165) is 0 Å². The zero-order valence-corrected chi connectivity index (χ0v) is 12.9. The molecule has 0 aliphatic carbocycles. The molecule has 21 heavy (non-hydrogen) atoms. The molecule has 3 amide bonds. The van der Waals surface area contributed by atoms with Gasteiger partial charge in [-0.15, -0.1) is 0 Å². The molecule has 1 atom stereocenters. The first-order valence-corrected chi connectivity index (χ1v) is 6.84. The van der Waals surface area contributed by atoms with Crippen molar-refractivity contribution >= 4 is 41.1 Å². The Hall–Kier alpha value is -1.79. The van der Waals surface area contributed by atoms with Gasteiger partial charge in [-0.05, 0) is 32.0 Å². The highest BCUT2D eigenvalue weighted by atomic mass is 35.5. The van der Waals surface area contributed by atoms with Crippen LogP contribution < -0.4 is 10.6 Å². The van der Waals surface area contributed by atoms with Crippen LogP contribution in [0.2, 0.25) is 10.0 Å². The van der Waals surface area contributed by atoms with Crippen LogP contribution in [0.3, 0.4) is 0 Å². The lowest BCUT2D eigenvalue weighted by atomic mass is 10.2. The third-order valence-corrected chi connectivity index (χ3v) is 2.76. The number of hydrogen-bond donors (Lipinski definition) is 2. The molecule has 0 heterocycles. The molecule has 0 fully saturated rings. The number of hydrogen-bond acceptors (Lipinski definition) is 4. The van der Waals surface area contributed by atoms with Crippen LogP contribution in [-0.4, -0.2) is 30.6 Å². The number of amides is 3. The van der Waals surface area contributed by atoms with Crippen LogP contribution in [0, 0.1) is 0 Å². The highest BCUT2D eigenvalue weighted by Crippen LogP contribution is 2.19. The number of imide groups is 1. The van der Waals surface area contributed by atoms with Crippen molar-refractivity contribution in [2.45, 2.75) is 20.0 Å². The number of urea groups is 1. The minimum Gasteiger partial charge on any atom is -0.449 e. The fourth-order valence-electron chi connectivity index (χ4n) is 1.37. The number of halogens is 2. The van der Waals surface area contributed by atoms with E-state index < -0.39 is 24.0 Å². The van der Waals surface area contributed by atoms with E-state index in [1.165, 1.54) is 25.1 Å². The summed E-state index contributed by atoms with van der Waals surface area (Å²) in [5.74, 6) is -1.50. The lowest BCUT2D eigenvalue weighted by Gasteiger charge is -2.13. The largest absolute Gasteiger partial charge is 0.449 e. The summed E-state index contributed by atoms with van der Waals surface area (Å²) in [6, 6.07) is 3.54. The lowest BCUT2D eigenvalue weighted by Crippen LogP contribution is -2.44. The first kappa shape index (κ1) is 17.3. The maximum Gasteiger partial charge on any atom is 0.339 e. The smallest absolute Gasteiger partial charge is 0.339 e. The van der Waals surface area contributed by atoms with E-state index in [2.05, 4.69) is 5.32 Å². The Bertz CT molecular complexity index is 543. The zero-order chi connectivity index (χ0) is 16.0. The van der Waals surface area contributed by atoms with E-state index in [9.17, 15) is 14.4 Å². The van der Waals surface area contributed by atoms with Crippen LogP contribution in [0.5, 0.6) is 0 Å². The average Bonchev–Trinajstić information content (AvgIpc) is 2.37. The van der Waals surface area contributed by atoms with Gasteiger partial charge in [0.15, 0.2) is 6.10 Å². The molecule has 0 bridgehead atoms. The quantitative estimate of drug-likeness (QED) is 0.829. The van der Waals surface area contributed by atoms with E-state index in [1.807, 2.05) is 5.32 Å². The van der Waals surface area contributed by atoms with Crippen LogP contribution in [-0.2, 0) is 9.53 Å². The molecular formula is C13H14Cl2N2O4. The highest BCUT2D eigenvalue weighted by molar-refractivity contribution is 6.35. The minimum absolute atomic E-state index is 0.116. The second kappa shape index (κ2) is 7.85. The summed E-state index contributed by atoms with van der Waals surface area (Å²) in [4.78, 5) is 34.7. The van der Waals surface area contributed by atoms with Crippen molar-refractivity contribution in [2.75, 3.05) is 6.54 Å². The second-order valence-electron chi connectivity index (χ2n) is 4.05. The molecule has 6 nitrogen and oxygen atoms in total. The topological polar surface area (TPSA) is 84.5 Å². The van der Waals surface area contributed by atoms with Crippen LogP contribution in [0.4, 0.5) is 4.79 Å². The Morgan fingerprint density at radius 1 is 1.19 bits per heavy atom. The van der Waals surface area contributed by atoms with Crippen LogP contribution >= 0.6 is 23.2 Å². The molecule has 0 aromatic heterocycles. The summed E-state index contributed by atoms with van der Waals surface area (Å²) in [6.07, 6.45) is -1.14. The average molecular weight is 333 g/mol. The van der Waals surface area contributed by atoms with E-state index >= 15 is 0 Å². The first-order chi connectivity index (χ1) is 9.83. The van der Waals surface area contributed by atoms with Gasteiger partial charge in [0.25, 0.3) is 5.91 Å². The number of ether oxygens (including phenoxy) is 1. The van der Waals surface area contributed by atoms with Crippen LogP contribution in [0.15, 0.2) is 18.2 Å². The standard InChI is InChI=1S/C13H14Cl2N2O4/c1-3-16-13(20)17-11(18)7(2)21-12(19)8-4-9(14)6-10(15)5-8/h4-7H,3H2,1-2H3,(H2,16,17,18,20)/t7-/m0/s1. The predicted molar refractivity (Wildman–Crippen MR) is 78.6 cm³/mol. The Kier molecular flexibility index (Phi) is 6.45. The lowest BCUT2D eigenvalue weighted by molar-refractivity contribution is -0.127. The molecule has 114 valence electrons. The maximum atomic E-state index is 11.9. The van der Waals surface area contributed by atoms with Crippen molar-refractivity contribution in [1.82, 2.24) is 10.6 Å². The van der Waals surface area contributed by atoms with Crippen LogP contribution in [0.25, 0.3) is 0 Å². The molecule has 0 aliphatic heterocycles. The Balaban J connectivity index is 2.65. The normalized spacial score (nSPS) is 11.4. The zero-order valence-electron chi connectivity index (χ0n) is 11.4. The number of nitrogens with one attached hydrogen (secondary N) is 2. The van der Waals surface area contributed by atoms with Crippen molar-refractivity contribution in [3.63, 3.8) is 0 Å². The Morgan fingerprint density at radius 3 is 2.29 bits per heavy atom. The van der Waals surface area contributed by atoms with Gasteiger partial charge < -0.3 is 10.1 Å². The van der Waals surface area contributed by atoms with Gasteiger partial charge in [0, 0.05) is 16.6 Å². The van der Waals surface area contributed by atoms with Crippen LogP contribution in [0.1, 0.15) is 24.2 Å². The summed E-state index contributed by atoms with van der Waals surface area (Å²) < 4.78 is 4.94. The number of benzene rings is 1. The molecule has 0 saturated heterocycles. The highest BCUT2D eigenvalue weighted by Gasteiger charge is 2.21. The van der Waals surface area contributed by atoms with Crippen molar-refractivity contribution < 1.29 is 19.1 Å². The van der Waals surface area contributed by atoms with Crippen molar-refractivity contribution in [1.29, 1.82) is 0 Å². The van der Waals surface area contributed by atoms with Gasteiger partial charge in [0.2, 0.25) is 0 Å². The van der Waals surface area contributed by atoms with Gasteiger partial charge in [0.05, 0.1) is 5.56 Å². The van der Waals surface area contributed by atoms with E-state index in [-0.39, 0.29) is 15.6 Å². The third-order valence-electron chi connectivity index (χ3n) is 2.33. The molecular weight excluding hydrogens is 319 g/mol. The summed E-state index contributed by atoms with van der Waals surface area (Å²) in [6.45, 7) is 3.42. The van der Waals surface area contributed by atoms with E-state index in [4.69, 9.17) is 27.9 Å². The Labute approximate surface area is 131 Å². The molecule has 2 N–H and O–H groups in total. The van der Waals surface area contributed by atoms with Gasteiger partial charge >= 0.3 is 12.0 Å². The predicted octanol–water partition coefficient (Wildman–Crippen LogP) is 2.38. The van der Waals surface area contributed by atoms with Crippen molar-refractivity contribution in [3.8, 4) is 0 Å². The molecule has 0 unspecified atom stereocenters. The molecule has 0 aliphatic rings. The molecule has 8 heteroatoms.